The van der Waals surface area contributed by atoms with E-state index < -0.39 is 11.8 Å². The van der Waals surface area contributed by atoms with Gasteiger partial charge >= 0.3 is 0 Å². The Morgan fingerprint density at radius 1 is 1.03 bits per heavy atom. The average Bonchev–Trinajstić information content (AvgIpc) is 3.23. The van der Waals surface area contributed by atoms with Gasteiger partial charge in [-0.25, -0.2) is 0 Å². The number of amides is 2. The van der Waals surface area contributed by atoms with Crippen LogP contribution in [-0.4, -0.2) is 24.0 Å². The number of anilines is 2. The molecule has 0 radical (unpaired) electrons. The number of halogens is 1. The van der Waals surface area contributed by atoms with E-state index in [0.29, 0.717) is 27.7 Å². The van der Waals surface area contributed by atoms with E-state index in [1.807, 2.05) is 0 Å². The molecule has 7 nitrogen and oxygen atoms in total. The van der Waals surface area contributed by atoms with Crippen molar-refractivity contribution in [2.75, 3.05) is 17.7 Å². The molecule has 0 fully saturated rings. The van der Waals surface area contributed by atoms with E-state index in [1.54, 1.807) is 54.6 Å². The Balaban J connectivity index is 1.71. The summed E-state index contributed by atoms with van der Waals surface area (Å²) >= 11 is 11.2. The van der Waals surface area contributed by atoms with E-state index in [2.05, 4.69) is 16.0 Å². The Morgan fingerprint density at radius 3 is 2.52 bits per heavy atom. The predicted molar refractivity (Wildman–Crippen MR) is 115 cm³/mol. The van der Waals surface area contributed by atoms with Crippen LogP contribution in [0.2, 0.25) is 5.02 Å². The summed E-state index contributed by atoms with van der Waals surface area (Å²) in [5.41, 5.74) is 1.23. The highest BCUT2D eigenvalue weighted by Crippen LogP contribution is 2.28. The summed E-state index contributed by atoms with van der Waals surface area (Å²) < 4.78 is 10.4. The Morgan fingerprint density at radius 2 is 1.83 bits per heavy atom. The van der Waals surface area contributed by atoms with Crippen LogP contribution in [0.5, 0.6) is 5.75 Å². The van der Waals surface area contributed by atoms with Crippen molar-refractivity contribution in [2.24, 2.45) is 0 Å². The van der Waals surface area contributed by atoms with Crippen LogP contribution in [0.1, 0.15) is 20.9 Å². The molecule has 1 heterocycles. The van der Waals surface area contributed by atoms with E-state index in [1.165, 1.54) is 13.4 Å². The molecule has 0 saturated heterocycles. The van der Waals surface area contributed by atoms with Crippen molar-refractivity contribution in [1.29, 1.82) is 0 Å². The van der Waals surface area contributed by atoms with Crippen LogP contribution in [0.15, 0.2) is 65.3 Å². The smallest absolute Gasteiger partial charge is 0.291 e. The van der Waals surface area contributed by atoms with Crippen molar-refractivity contribution in [3.63, 3.8) is 0 Å². The van der Waals surface area contributed by atoms with Gasteiger partial charge in [0, 0.05) is 5.69 Å². The lowest BCUT2D eigenvalue weighted by Crippen LogP contribution is -2.34. The van der Waals surface area contributed by atoms with Crippen molar-refractivity contribution in [1.82, 2.24) is 5.32 Å². The summed E-state index contributed by atoms with van der Waals surface area (Å²) in [6, 6.07) is 14.7. The van der Waals surface area contributed by atoms with E-state index in [0.717, 1.165) is 0 Å². The summed E-state index contributed by atoms with van der Waals surface area (Å²) in [7, 11) is 1.49. The maximum atomic E-state index is 12.3. The Kier molecular flexibility index (Phi) is 6.48. The normalized spacial score (nSPS) is 10.1. The Labute approximate surface area is 177 Å². The lowest BCUT2D eigenvalue weighted by atomic mass is 10.2. The van der Waals surface area contributed by atoms with Crippen LogP contribution in [0, 0.1) is 0 Å². The maximum absolute atomic E-state index is 12.3. The van der Waals surface area contributed by atoms with Gasteiger partial charge in [-0.05, 0) is 54.7 Å². The molecule has 148 valence electrons. The molecule has 1 aromatic heterocycles. The third-order valence-corrected chi connectivity index (χ3v) is 4.33. The maximum Gasteiger partial charge on any atom is 0.291 e. The van der Waals surface area contributed by atoms with Gasteiger partial charge in [0.1, 0.15) is 5.75 Å². The quantitative estimate of drug-likeness (QED) is 0.523. The number of methoxy groups -OCH3 is 1. The Bertz CT molecular complexity index is 1050. The summed E-state index contributed by atoms with van der Waals surface area (Å²) in [6.07, 6.45) is 1.41. The fourth-order valence-corrected chi connectivity index (χ4v) is 2.88. The molecule has 0 spiro atoms. The molecular formula is C20H16ClN3O4S. The molecule has 3 rings (SSSR count). The van der Waals surface area contributed by atoms with Gasteiger partial charge in [0.15, 0.2) is 10.9 Å². The molecule has 0 aliphatic carbocycles. The fourth-order valence-electron chi connectivity index (χ4n) is 2.45. The SMILES string of the molecule is COc1ccc(NC(=O)c2ccco2)cc1NC(=S)NC(=O)c1ccccc1Cl. The zero-order valence-corrected chi connectivity index (χ0v) is 16.8. The highest BCUT2D eigenvalue weighted by atomic mass is 35.5. The molecule has 2 aromatic carbocycles. The van der Waals surface area contributed by atoms with Crippen LogP contribution in [0.4, 0.5) is 11.4 Å². The van der Waals surface area contributed by atoms with Gasteiger partial charge in [0.05, 0.1) is 29.6 Å². The lowest BCUT2D eigenvalue weighted by Gasteiger charge is -2.14. The second-order valence-electron chi connectivity index (χ2n) is 5.73. The number of thiocarbonyl (C=S) groups is 1. The standard InChI is InChI=1S/C20H16ClN3O4S/c1-27-16-9-8-12(22-19(26)17-7-4-10-28-17)11-15(16)23-20(29)24-18(25)13-5-2-3-6-14(13)21/h2-11H,1H3,(H,22,26)(H2,23,24,25,29). The van der Waals surface area contributed by atoms with Crippen LogP contribution in [0.3, 0.4) is 0 Å². The second kappa shape index (κ2) is 9.22. The average molecular weight is 430 g/mol. The summed E-state index contributed by atoms with van der Waals surface area (Å²) in [4.78, 5) is 24.5. The van der Waals surface area contributed by atoms with E-state index in [9.17, 15) is 9.59 Å². The summed E-state index contributed by atoms with van der Waals surface area (Å²) in [5.74, 6) is -0.205. The number of nitrogens with one attached hydrogen (secondary N) is 3. The number of furan rings is 1. The third-order valence-electron chi connectivity index (χ3n) is 3.80. The van der Waals surface area contributed by atoms with Crippen LogP contribution in [0.25, 0.3) is 0 Å². The molecule has 0 saturated carbocycles. The number of ether oxygens (including phenoxy) is 1. The van der Waals surface area contributed by atoms with Gasteiger partial charge in [-0.2, -0.15) is 0 Å². The molecule has 0 aliphatic rings. The zero-order valence-electron chi connectivity index (χ0n) is 15.2. The van der Waals surface area contributed by atoms with Crippen molar-refractivity contribution >= 4 is 52.1 Å². The van der Waals surface area contributed by atoms with Gasteiger partial charge in [-0.15, -0.1) is 0 Å². The first-order valence-electron chi connectivity index (χ1n) is 8.37. The highest BCUT2D eigenvalue weighted by Gasteiger charge is 2.14. The minimum Gasteiger partial charge on any atom is -0.495 e. The molecule has 29 heavy (non-hydrogen) atoms. The molecule has 2 amide bonds. The molecule has 9 heteroatoms. The van der Waals surface area contributed by atoms with Gasteiger partial charge < -0.3 is 19.8 Å². The van der Waals surface area contributed by atoms with E-state index in [-0.39, 0.29) is 10.9 Å². The van der Waals surface area contributed by atoms with Crippen molar-refractivity contribution < 1.29 is 18.7 Å². The molecule has 0 bridgehead atoms. The molecular weight excluding hydrogens is 414 g/mol. The monoisotopic (exact) mass is 429 g/mol. The molecule has 0 atom stereocenters. The zero-order chi connectivity index (χ0) is 20.8. The van der Waals surface area contributed by atoms with Gasteiger partial charge in [0.2, 0.25) is 0 Å². The predicted octanol–water partition coefficient (Wildman–Crippen LogP) is 4.32. The number of carbonyl (C=O) groups excluding carboxylic acids is 2. The Hall–Kier alpha value is -3.36. The minimum atomic E-state index is -0.450. The van der Waals surface area contributed by atoms with Gasteiger partial charge in [-0.3, -0.25) is 14.9 Å². The lowest BCUT2D eigenvalue weighted by molar-refractivity contribution is 0.0975. The van der Waals surface area contributed by atoms with Crippen LogP contribution in [-0.2, 0) is 0 Å². The number of benzene rings is 2. The summed E-state index contributed by atoms with van der Waals surface area (Å²) in [6.45, 7) is 0. The fraction of sp³-hybridized carbons (Fsp3) is 0.0500. The van der Waals surface area contributed by atoms with Crippen molar-refractivity contribution in [2.45, 2.75) is 0 Å². The van der Waals surface area contributed by atoms with Crippen molar-refractivity contribution in [3.05, 3.63) is 77.2 Å². The molecule has 0 aliphatic heterocycles. The van der Waals surface area contributed by atoms with Gasteiger partial charge in [-0.1, -0.05) is 23.7 Å². The minimum absolute atomic E-state index is 0.0442. The van der Waals surface area contributed by atoms with E-state index >= 15 is 0 Å². The van der Waals surface area contributed by atoms with Crippen molar-refractivity contribution in [3.8, 4) is 5.75 Å². The summed E-state index contributed by atoms with van der Waals surface area (Å²) in [5, 5.41) is 8.51. The van der Waals surface area contributed by atoms with E-state index in [4.69, 9.17) is 33.0 Å². The first-order valence-corrected chi connectivity index (χ1v) is 9.16. The number of carbonyl (C=O) groups is 2. The van der Waals surface area contributed by atoms with Crippen LogP contribution < -0.4 is 20.7 Å². The van der Waals surface area contributed by atoms with Gasteiger partial charge in [0.25, 0.3) is 11.8 Å². The topological polar surface area (TPSA) is 92.6 Å². The first-order chi connectivity index (χ1) is 14.0. The molecule has 3 N–H and O–H groups in total. The first kappa shape index (κ1) is 20.4. The largest absolute Gasteiger partial charge is 0.495 e. The number of hydrogen-bond donors (Lipinski definition) is 3. The highest BCUT2D eigenvalue weighted by molar-refractivity contribution is 7.80. The van der Waals surface area contributed by atoms with Crippen LogP contribution >= 0.6 is 23.8 Å². The third kappa shape index (κ3) is 5.13. The second-order valence-corrected chi connectivity index (χ2v) is 6.55. The number of rotatable bonds is 5. The number of hydrogen-bond acceptors (Lipinski definition) is 5. The molecule has 0 unspecified atom stereocenters. The molecule has 3 aromatic rings.